The van der Waals surface area contributed by atoms with Crippen molar-refractivity contribution in [3.8, 4) is 5.75 Å². The molecule has 0 unspecified atom stereocenters. The average Bonchev–Trinajstić information content (AvgIpc) is 2.58. The molecule has 23 heavy (non-hydrogen) atoms. The highest BCUT2D eigenvalue weighted by Crippen LogP contribution is 2.18. The fraction of sp³-hybridized carbons (Fsp3) is 0.632. The maximum absolute atomic E-state index is 12.1. The van der Waals surface area contributed by atoms with E-state index in [0.29, 0.717) is 12.5 Å². The Bertz CT molecular complexity index is 437. The van der Waals surface area contributed by atoms with Gasteiger partial charge in [-0.25, -0.2) is 0 Å². The van der Waals surface area contributed by atoms with Crippen LogP contribution >= 0.6 is 0 Å². The monoisotopic (exact) mass is 320 g/mol. The Balaban J connectivity index is 0.00000127. The van der Waals surface area contributed by atoms with Crippen LogP contribution in [-0.2, 0) is 0 Å². The predicted molar refractivity (Wildman–Crippen MR) is 96.4 cm³/mol. The van der Waals surface area contributed by atoms with Gasteiger partial charge in [-0.2, -0.15) is 0 Å². The quantitative estimate of drug-likeness (QED) is 0.782. The Kier molecular flexibility index (Phi) is 9.57. The number of hydrogen-bond acceptors (Lipinski definition) is 4. The molecule has 0 aromatic heterocycles. The van der Waals surface area contributed by atoms with Gasteiger partial charge in [0.2, 0.25) is 0 Å². The van der Waals surface area contributed by atoms with Crippen molar-refractivity contribution in [1.82, 2.24) is 10.2 Å². The normalized spacial score (nSPS) is 15.0. The third kappa shape index (κ3) is 7.62. The number of ether oxygens (including phenoxy) is 1. The van der Waals surface area contributed by atoms with Gasteiger partial charge in [0, 0.05) is 12.0 Å². The van der Waals surface area contributed by atoms with E-state index in [2.05, 4.69) is 10.2 Å². The van der Waals surface area contributed by atoms with Gasteiger partial charge >= 0.3 is 0 Å². The highest BCUT2D eigenvalue weighted by Gasteiger charge is 2.14. The minimum Gasteiger partial charge on any atom is -0.490 e. The van der Waals surface area contributed by atoms with Gasteiger partial charge in [-0.05, 0) is 77.3 Å². The predicted octanol–water partition coefficient (Wildman–Crippen LogP) is 3.37. The van der Waals surface area contributed by atoms with Gasteiger partial charge in [0.05, 0.1) is 0 Å². The fourth-order valence-electron chi connectivity index (χ4n) is 2.53. The number of carbonyl (C=O) groups excluding carboxylic acids is 1. The fourth-order valence-corrected chi connectivity index (χ4v) is 2.53. The van der Waals surface area contributed by atoms with Crippen LogP contribution < -0.4 is 10.1 Å². The maximum Gasteiger partial charge on any atom is 0.162 e. The van der Waals surface area contributed by atoms with Crippen molar-refractivity contribution in [2.45, 2.75) is 45.6 Å². The van der Waals surface area contributed by atoms with Crippen LogP contribution in [0, 0.1) is 0 Å². The van der Waals surface area contributed by atoms with Gasteiger partial charge in [-0.3, -0.25) is 4.79 Å². The largest absolute Gasteiger partial charge is 0.490 e. The summed E-state index contributed by atoms with van der Waals surface area (Å²) in [5, 5.41) is 3.32. The summed E-state index contributed by atoms with van der Waals surface area (Å²) in [6, 6.07) is 7.60. The first-order valence-electron chi connectivity index (χ1n) is 8.80. The van der Waals surface area contributed by atoms with Crippen molar-refractivity contribution >= 4 is 5.78 Å². The third-order valence-electron chi connectivity index (χ3n) is 3.77. The van der Waals surface area contributed by atoms with Crippen LogP contribution in [0.5, 0.6) is 5.75 Å². The molecule has 1 aromatic rings. The Morgan fingerprint density at radius 2 is 1.78 bits per heavy atom. The smallest absolute Gasteiger partial charge is 0.162 e. The lowest BCUT2D eigenvalue weighted by Gasteiger charge is -2.23. The number of Topliss-reactive ketones (excluding diaryl/α,β-unsaturated/α-hetero) is 1. The highest BCUT2D eigenvalue weighted by molar-refractivity contribution is 5.96. The summed E-state index contributed by atoms with van der Waals surface area (Å²) in [5.41, 5.74) is 0.784. The third-order valence-corrected chi connectivity index (χ3v) is 3.77. The maximum atomic E-state index is 12.1. The van der Waals surface area contributed by atoms with E-state index in [1.807, 2.05) is 52.2 Å². The number of ketones is 1. The number of hydrogen-bond donors (Lipinski definition) is 1. The van der Waals surface area contributed by atoms with Crippen molar-refractivity contribution in [2.24, 2.45) is 0 Å². The molecule has 1 fully saturated rings. The molecule has 1 heterocycles. The topological polar surface area (TPSA) is 41.6 Å². The van der Waals surface area contributed by atoms with Crippen LogP contribution in [0.15, 0.2) is 24.3 Å². The highest BCUT2D eigenvalue weighted by atomic mass is 16.5. The Morgan fingerprint density at radius 3 is 2.35 bits per heavy atom. The van der Waals surface area contributed by atoms with Gasteiger partial charge < -0.3 is 15.0 Å². The molecular formula is C19H32N2O2. The second kappa shape index (κ2) is 11.2. The van der Waals surface area contributed by atoms with Gasteiger partial charge in [0.15, 0.2) is 5.78 Å². The summed E-state index contributed by atoms with van der Waals surface area (Å²) < 4.78 is 5.94. The van der Waals surface area contributed by atoms with E-state index in [4.69, 9.17) is 4.74 Å². The first kappa shape index (κ1) is 19.7. The van der Waals surface area contributed by atoms with Crippen molar-refractivity contribution < 1.29 is 9.53 Å². The van der Waals surface area contributed by atoms with Gasteiger partial charge in [-0.15, -0.1) is 0 Å². The minimum absolute atomic E-state index is 0.213. The molecule has 0 aliphatic carbocycles. The molecule has 0 radical (unpaired) electrons. The SMILES string of the molecule is CC.CN(C)CCCC(=O)c1ccc(OC2CCNCC2)cc1. The molecular weight excluding hydrogens is 288 g/mol. The molecule has 0 atom stereocenters. The number of rotatable bonds is 7. The molecule has 4 nitrogen and oxygen atoms in total. The molecule has 1 aliphatic heterocycles. The lowest BCUT2D eigenvalue weighted by Crippen LogP contribution is -2.34. The molecule has 130 valence electrons. The van der Waals surface area contributed by atoms with Gasteiger partial charge in [0.25, 0.3) is 0 Å². The molecule has 0 bridgehead atoms. The molecule has 2 rings (SSSR count). The summed E-state index contributed by atoms with van der Waals surface area (Å²) in [6.07, 6.45) is 3.90. The zero-order chi connectivity index (χ0) is 17.1. The molecule has 0 amide bonds. The lowest BCUT2D eigenvalue weighted by atomic mass is 10.1. The lowest BCUT2D eigenvalue weighted by molar-refractivity contribution is 0.0977. The first-order valence-corrected chi connectivity index (χ1v) is 8.80. The van der Waals surface area contributed by atoms with Crippen molar-refractivity contribution in [1.29, 1.82) is 0 Å². The number of nitrogens with one attached hydrogen (secondary N) is 1. The van der Waals surface area contributed by atoms with Crippen LogP contribution in [0.25, 0.3) is 0 Å². The number of benzene rings is 1. The van der Waals surface area contributed by atoms with Gasteiger partial charge in [-0.1, -0.05) is 13.8 Å². The van der Waals surface area contributed by atoms with E-state index in [0.717, 1.165) is 50.2 Å². The summed E-state index contributed by atoms with van der Waals surface area (Å²) in [4.78, 5) is 14.2. The molecule has 1 N–H and O–H groups in total. The number of carbonyl (C=O) groups is 1. The van der Waals surface area contributed by atoms with Crippen molar-refractivity contribution in [3.05, 3.63) is 29.8 Å². The molecule has 1 saturated heterocycles. The zero-order valence-electron chi connectivity index (χ0n) is 15.1. The zero-order valence-corrected chi connectivity index (χ0v) is 15.1. The van der Waals surface area contributed by atoms with Crippen LogP contribution in [0.3, 0.4) is 0 Å². The van der Waals surface area contributed by atoms with Crippen molar-refractivity contribution in [2.75, 3.05) is 33.7 Å². The first-order chi connectivity index (χ1) is 11.1. The molecule has 1 aliphatic rings. The summed E-state index contributed by atoms with van der Waals surface area (Å²) >= 11 is 0. The van der Waals surface area contributed by atoms with Crippen LogP contribution in [0.1, 0.15) is 49.9 Å². The van der Waals surface area contributed by atoms with E-state index >= 15 is 0 Å². The molecule has 4 heteroatoms. The van der Waals surface area contributed by atoms with E-state index in [9.17, 15) is 4.79 Å². The second-order valence-corrected chi connectivity index (χ2v) is 5.92. The number of nitrogens with zero attached hydrogens (tertiary/aromatic N) is 1. The van der Waals surface area contributed by atoms with Crippen LogP contribution in [-0.4, -0.2) is 50.5 Å². The van der Waals surface area contributed by atoms with Gasteiger partial charge in [0.1, 0.15) is 11.9 Å². The number of piperidine rings is 1. The standard InChI is InChI=1S/C17H26N2O2.C2H6/c1-19(2)13-3-4-17(20)14-5-7-15(8-6-14)21-16-9-11-18-12-10-16;1-2/h5-8,16,18H,3-4,9-13H2,1-2H3;1-2H3. The molecule has 0 saturated carbocycles. The Morgan fingerprint density at radius 1 is 1.17 bits per heavy atom. The van der Waals surface area contributed by atoms with E-state index in [1.54, 1.807) is 0 Å². The summed E-state index contributed by atoms with van der Waals surface area (Å²) in [7, 11) is 4.05. The molecule has 1 aromatic carbocycles. The van der Waals surface area contributed by atoms with E-state index in [-0.39, 0.29) is 5.78 Å². The molecule has 0 spiro atoms. The second-order valence-electron chi connectivity index (χ2n) is 5.92. The van der Waals surface area contributed by atoms with Crippen molar-refractivity contribution in [3.63, 3.8) is 0 Å². The van der Waals surface area contributed by atoms with E-state index < -0.39 is 0 Å². The summed E-state index contributed by atoms with van der Waals surface area (Å²) in [6.45, 7) is 6.99. The summed E-state index contributed by atoms with van der Waals surface area (Å²) in [5.74, 6) is 1.08. The van der Waals surface area contributed by atoms with E-state index in [1.165, 1.54) is 0 Å². The Labute approximate surface area is 141 Å². The van der Waals surface area contributed by atoms with Crippen LogP contribution in [0.2, 0.25) is 0 Å². The minimum atomic E-state index is 0.213. The van der Waals surface area contributed by atoms with Crippen LogP contribution in [0.4, 0.5) is 0 Å². The Hall–Kier alpha value is -1.39. The average molecular weight is 320 g/mol.